The van der Waals surface area contributed by atoms with Crippen molar-refractivity contribution < 1.29 is 46.1 Å². The monoisotopic (exact) mass is 729 g/mol. The van der Waals surface area contributed by atoms with Gasteiger partial charge in [-0.1, -0.05) is 12.1 Å². The summed E-state index contributed by atoms with van der Waals surface area (Å²) in [6.45, 7) is 0.573. The van der Waals surface area contributed by atoms with Crippen molar-refractivity contribution in [2.24, 2.45) is 11.7 Å². The average molecular weight is 730 g/mol. The fourth-order valence-electron chi connectivity index (χ4n) is 5.83. The van der Waals surface area contributed by atoms with Crippen molar-refractivity contribution in [2.45, 2.75) is 56.6 Å². The number of aliphatic hydroxyl groups is 1. The summed E-state index contributed by atoms with van der Waals surface area (Å²) in [5.74, 6) is -3.68. The highest BCUT2D eigenvalue weighted by Gasteiger charge is 2.57. The van der Waals surface area contributed by atoms with Gasteiger partial charge in [0.1, 0.15) is 28.5 Å². The molecule has 1 atom stereocenters. The van der Waals surface area contributed by atoms with E-state index in [4.69, 9.17) is 15.2 Å². The van der Waals surface area contributed by atoms with Crippen molar-refractivity contribution in [1.82, 2.24) is 20.1 Å². The molecule has 5 aromatic rings. The molecule has 2 saturated carbocycles. The molecule has 0 unspecified atom stereocenters. The lowest BCUT2D eigenvalue weighted by Crippen LogP contribution is -2.51. The number of nitrogens with one attached hydrogen (secondary N) is 1. The van der Waals surface area contributed by atoms with Gasteiger partial charge in [0.15, 0.2) is 0 Å². The van der Waals surface area contributed by atoms with Crippen LogP contribution in [0.5, 0.6) is 11.5 Å². The maximum absolute atomic E-state index is 15.0. The van der Waals surface area contributed by atoms with Crippen LogP contribution in [0.25, 0.3) is 32.2 Å². The van der Waals surface area contributed by atoms with Crippen molar-refractivity contribution in [3.8, 4) is 22.8 Å². The van der Waals surface area contributed by atoms with Crippen LogP contribution in [-0.2, 0) is 22.6 Å². The number of benzene rings is 2. The van der Waals surface area contributed by atoms with Crippen molar-refractivity contribution in [3.63, 3.8) is 0 Å². The second-order valence-electron chi connectivity index (χ2n) is 12.9. The lowest BCUT2D eigenvalue weighted by atomic mass is 9.93. The summed E-state index contributed by atoms with van der Waals surface area (Å²) >= 11 is 0.988. The van der Waals surface area contributed by atoms with Gasteiger partial charge >= 0.3 is 6.18 Å². The number of alkyl halides is 4. The highest BCUT2D eigenvalue weighted by Crippen LogP contribution is 2.46. The molecule has 7 rings (SSSR count). The molecule has 2 aliphatic carbocycles. The van der Waals surface area contributed by atoms with Crippen LogP contribution < -0.4 is 20.5 Å². The van der Waals surface area contributed by atoms with Crippen LogP contribution >= 0.6 is 11.3 Å². The number of rotatable bonds is 13. The number of hydrogen-bond acceptors (Lipinski definition) is 8. The molecule has 2 amide bonds. The first-order chi connectivity index (χ1) is 24.2. The number of hydrogen-bond donors (Lipinski definition) is 3. The van der Waals surface area contributed by atoms with Gasteiger partial charge in [-0.15, -0.1) is 11.3 Å². The van der Waals surface area contributed by atoms with Crippen molar-refractivity contribution in [1.29, 1.82) is 0 Å². The summed E-state index contributed by atoms with van der Waals surface area (Å²) in [5.41, 5.74) is 0.820. The zero-order chi connectivity index (χ0) is 36.3. The number of primary amides is 1. The quantitative estimate of drug-likeness (QED) is 0.122. The Kier molecular flexibility index (Phi) is 8.65. The molecule has 10 nitrogen and oxygen atoms in total. The highest BCUT2D eigenvalue weighted by atomic mass is 32.1. The van der Waals surface area contributed by atoms with E-state index in [2.05, 4.69) is 15.4 Å². The van der Waals surface area contributed by atoms with Gasteiger partial charge in [-0.2, -0.15) is 18.3 Å². The Bertz CT molecular complexity index is 2180. The van der Waals surface area contributed by atoms with Gasteiger partial charge < -0.3 is 25.6 Å². The van der Waals surface area contributed by atoms with Gasteiger partial charge in [0.05, 0.1) is 36.6 Å². The molecule has 16 heteroatoms. The molecule has 4 N–H and O–H groups in total. The maximum atomic E-state index is 15.0. The molecule has 3 aromatic heterocycles. The number of halogens is 5. The van der Waals surface area contributed by atoms with Crippen LogP contribution in [0.3, 0.4) is 0 Å². The Morgan fingerprint density at radius 3 is 2.61 bits per heavy atom. The third kappa shape index (κ3) is 6.57. The summed E-state index contributed by atoms with van der Waals surface area (Å²) in [7, 11) is 0. The Morgan fingerprint density at radius 1 is 1.18 bits per heavy atom. The molecule has 0 saturated heterocycles. The largest absolute Gasteiger partial charge is 0.491 e. The van der Waals surface area contributed by atoms with E-state index in [1.165, 1.54) is 35.8 Å². The summed E-state index contributed by atoms with van der Waals surface area (Å²) in [4.78, 5) is 29.8. The maximum Gasteiger partial charge on any atom is 0.424 e. The first-order valence-corrected chi connectivity index (χ1v) is 17.1. The summed E-state index contributed by atoms with van der Waals surface area (Å²) in [6, 6.07) is 7.76. The standard InChI is InChI=1S/C35H32F5N5O5S/c1-2-49-30-19(13-27(41)46)12-26(43-29(30)23-16-51-31-22(23)4-3-5-24(31)36)34(48,35(38,39)40)17-42-32(47)20-10-21-14-45(33(37)8-9-33)44-28(21)25(11-20)50-15-18-6-7-18/h3-5,10-12,14,16,18,48H,2,6-9,13,15,17H2,1H3,(H2,41,46)(H,42,47)/t34-/m0/s1. The Hall–Kier alpha value is -4.83. The SMILES string of the molecule is CCOc1c(CC(N)=O)cc([C@@](O)(CNC(=O)c2cc(OCC3CC3)c3nn(C4(F)CC4)cc3c2)C(F)(F)F)nc1-c1csc2c(F)cccc12. The topological polar surface area (TPSA) is 142 Å². The number of thiophene rings is 1. The van der Waals surface area contributed by atoms with E-state index in [1.807, 2.05) is 0 Å². The zero-order valence-electron chi connectivity index (χ0n) is 27.2. The average Bonchev–Trinajstić information content (AvgIpc) is 3.96. The number of aromatic nitrogens is 3. The first kappa shape index (κ1) is 34.6. The van der Waals surface area contributed by atoms with Crippen molar-refractivity contribution in [2.75, 3.05) is 19.8 Å². The molecule has 51 heavy (non-hydrogen) atoms. The van der Waals surface area contributed by atoms with Gasteiger partial charge in [0, 0.05) is 51.9 Å². The Morgan fingerprint density at radius 2 is 1.94 bits per heavy atom. The van der Waals surface area contributed by atoms with Gasteiger partial charge in [-0.05, 0) is 49.9 Å². The molecular formula is C35H32F5N5O5S. The van der Waals surface area contributed by atoms with Gasteiger partial charge in [0.25, 0.3) is 5.91 Å². The van der Waals surface area contributed by atoms with E-state index >= 15 is 0 Å². The minimum Gasteiger partial charge on any atom is -0.491 e. The number of fused-ring (bicyclic) bond motifs is 2. The third-order valence-electron chi connectivity index (χ3n) is 8.99. The summed E-state index contributed by atoms with van der Waals surface area (Å²) in [5, 5.41) is 20.1. The second kappa shape index (κ2) is 12.7. The van der Waals surface area contributed by atoms with E-state index in [-0.39, 0.29) is 58.0 Å². The molecule has 2 aliphatic rings. The number of pyridine rings is 1. The fourth-order valence-corrected chi connectivity index (χ4v) is 6.79. The summed E-state index contributed by atoms with van der Waals surface area (Å²) in [6.07, 6.45) is -2.11. The molecule has 2 fully saturated rings. The molecule has 0 bridgehead atoms. The lowest BCUT2D eigenvalue weighted by molar-refractivity contribution is -0.265. The molecule has 0 spiro atoms. The van der Waals surface area contributed by atoms with Crippen LogP contribution in [0.2, 0.25) is 0 Å². The van der Waals surface area contributed by atoms with Crippen LogP contribution in [-0.4, -0.2) is 57.6 Å². The normalized spacial score (nSPS) is 16.6. The van der Waals surface area contributed by atoms with Crippen molar-refractivity contribution >= 4 is 44.1 Å². The molecule has 0 aliphatic heterocycles. The number of nitrogens with two attached hydrogens (primary N) is 1. The molecular weight excluding hydrogens is 697 g/mol. The number of amides is 2. The smallest absolute Gasteiger partial charge is 0.424 e. The highest BCUT2D eigenvalue weighted by molar-refractivity contribution is 7.17. The van der Waals surface area contributed by atoms with Crippen molar-refractivity contribution in [3.05, 3.63) is 70.6 Å². The number of carbonyl (C=O) groups excluding carboxylic acids is 2. The van der Waals surface area contributed by atoms with Crippen LogP contribution in [0, 0.1) is 11.7 Å². The number of nitrogens with zero attached hydrogens (tertiary/aromatic N) is 3. The summed E-state index contributed by atoms with van der Waals surface area (Å²) < 4.78 is 87.5. The molecule has 2 aromatic carbocycles. The van der Waals surface area contributed by atoms with E-state index < -0.39 is 53.9 Å². The van der Waals surface area contributed by atoms with Gasteiger partial charge in [-0.25, -0.2) is 18.4 Å². The van der Waals surface area contributed by atoms with Gasteiger partial charge in [0.2, 0.25) is 17.3 Å². The first-order valence-electron chi connectivity index (χ1n) is 16.3. The molecule has 0 radical (unpaired) electrons. The third-order valence-corrected chi connectivity index (χ3v) is 9.99. The van der Waals surface area contributed by atoms with E-state index in [9.17, 15) is 36.6 Å². The lowest BCUT2D eigenvalue weighted by Gasteiger charge is -2.31. The molecule has 268 valence electrons. The van der Waals surface area contributed by atoms with E-state index in [1.54, 1.807) is 13.0 Å². The predicted octanol–water partition coefficient (Wildman–Crippen LogP) is 6.26. The van der Waals surface area contributed by atoms with Crippen LogP contribution in [0.15, 0.2) is 48.0 Å². The van der Waals surface area contributed by atoms with Gasteiger partial charge in [-0.3, -0.25) is 9.59 Å². The second-order valence-corrected chi connectivity index (χ2v) is 13.8. The number of ether oxygens (including phenoxy) is 2. The van der Waals surface area contributed by atoms with E-state index in [0.717, 1.165) is 34.9 Å². The minimum atomic E-state index is -5.41. The molecule has 3 heterocycles. The van der Waals surface area contributed by atoms with Crippen LogP contribution in [0.1, 0.15) is 54.2 Å². The van der Waals surface area contributed by atoms with E-state index in [0.29, 0.717) is 28.8 Å². The number of carbonyl (C=O) groups is 2. The Balaban J connectivity index is 1.28. The fraction of sp³-hybridized carbons (Fsp3) is 0.371. The minimum absolute atomic E-state index is 0.0255. The zero-order valence-corrected chi connectivity index (χ0v) is 28.0. The van der Waals surface area contributed by atoms with Crippen LogP contribution in [0.4, 0.5) is 22.0 Å². The predicted molar refractivity (Wildman–Crippen MR) is 178 cm³/mol. The Labute approximate surface area is 291 Å².